The molecule has 0 saturated carbocycles. The van der Waals surface area contributed by atoms with E-state index in [0.29, 0.717) is 0 Å². The molecule has 10 heavy (non-hydrogen) atoms. The standard InChI is InChI=1S/C8H10O.Y/c1-6-3-7(2)5-8(9)4-6;/h3-5,9H,1-2H3;/q;+1/p-1. The van der Waals surface area contributed by atoms with E-state index in [-0.39, 0.29) is 0 Å². The van der Waals surface area contributed by atoms with Crippen LogP contribution < -0.4 is 2.05 Å². The molecule has 0 fully saturated rings. The molecule has 0 heterocycles. The van der Waals surface area contributed by atoms with Crippen LogP contribution >= 0.6 is 0 Å². The summed E-state index contributed by atoms with van der Waals surface area (Å²) in [6.07, 6.45) is 0. The molecule has 0 unspecified atom stereocenters. The van der Waals surface area contributed by atoms with Gasteiger partial charge in [0.25, 0.3) is 0 Å². The van der Waals surface area contributed by atoms with Crippen LogP contribution in [0.3, 0.4) is 0 Å². The molecule has 0 bridgehead atoms. The maximum atomic E-state index is 5.21. The zero-order valence-electron chi connectivity index (χ0n) is 6.22. The Morgan fingerprint density at radius 3 is 2.00 bits per heavy atom. The molecule has 2 heteroatoms. The summed E-state index contributed by atoms with van der Waals surface area (Å²) in [6, 6.07) is 6.25. The molecule has 50 valence electrons. The van der Waals surface area contributed by atoms with Gasteiger partial charge in [-0.3, -0.25) is 0 Å². The minimum atomic E-state index is 0.831. The van der Waals surface area contributed by atoms with Crippen molar-refractivity contribution >= 4 is 0 Å². The first-order valence-electron chi connectivity index (χ1n) is 3.17. The average Bonchev–Trinajstić information content (AvgIpc) is 1.85. The van der Waals surface area contributed by atoms with E-state index in [2.05, 4.69) is 32.0 Å². The molecule has 0 amide bonds. The summed E-state index contributed by atoms with van der Waals surface area (Å²) in [5.41, 5.74) is 2.54. The van der Waals surface area contributed by atoms with Crippen molar-refractivity contribution in [1.29, 1.82) is 0 Å². The fourth-order valence-corrected chi connectivity index (χ4v) is 1.34. The second kappa shape index (κ2) is 3.50. The minimum absolute atomic E-state index is 0.831. The molecule has 0 aliphatic carbocycles. The van der Waals surface area contributed by atoms with Gasteiger partial charge in [0.05, 0.1) is 0 Å². The normalized spacial score (nSPS) is 9.30. The number of hydrogen-bond donors (Lipinski definition) is 0. The van der Waals surface area contributed by atoms with Crippen LogP contribution in [0.1, 0.15) is 11.1 Å². The van der Waals surface area contributed by atoms with Crippen LogP contribution in [-0.2, 0) is 31.5 Å². The molecule has 0 radical (unpaired) electrons. The van der Waals surface area contributed by atoms with Crippen molar-refractivity contribution in [3.63, 3.8) is 0 Å². The van der Waals surface area contributed by atoms with Gasteiger partial charge < -0.3 is 0 Å². The second-order valence-corrected chi connectivity index (χ2v) is 3.02. The van der Waals surface area contributed by atoms with E-state index < -0.39 is 0 Å². The van der Waals surface area contributed by atoms with Gasteiger partial charge in [-0.15, -0.1) is 0 Å². The Hall–Kier alpha value is 0.124. The summed E-state index contributed by atoms with van der Waals surface area (Å²) < 4.78 is 5.21. The molecule has 0 aliphatic heterocycles. The molecular weight excluding hydrogens is 201 g/mol. The molecule has 0 saturated heterocycles. The quantitative estimate of drug-likeness (QED) is 0.689. The average molecular weight is 210 g/mol. The van der Waals surface area contributed by atoms with Gasteiger partial charge in [-0.25, -0.2) is 0 Å². The summed E-state index contributed by atoms with van der Waals surface area (Å²) in [5.74, 6) is 1.000. The van der Waals surface area contributed by atoms with Crippen LogP contribution in [0.2, 0.25) is 0 Å². The molecule has 0 spiro atoms. The van der Waals surface area contributed by atoms with Crippen molar-refractivity contribution in [2.75, 3.05) is 0 Å². The van der Waals surface area contributed by atoms with E-state index in [0.717, 1.165) is 37.2 Å². The number of rotatable bonds is 1. The van der Waals surface area contributed by atoms with Gasteiger partial charge in [-0.05, 0) is 0 Å². The first-order chi connectivity index (χ1) is 4.72. The van der Waals surface area contributed by atoms with Crippen LogP contribution in [0.15, 0.2) is 18.2 Å². The van der Waals surface area contributed by atoms with Crippen molar-refractivity contribution in [2.45, 2.75) is 13.8 Å². The molecule has 1 nitrogen and oxygen atoms in total. The molecule has 1 aromatic carbocycles. The zero-order valence-corrected chi connectivity index (χ0v) is 9.06. The maximum absolute atomic E-state index is 5.21. The summed E-state index contributed by atoms with van der Waals surface area (Å²) in [5, 5.41) is 0. The molecular formula is C8H9OY. The van der Waals surface area contributed by atoms with E-state index >= 15 is 0 Å². The van der Waals surface area contributed by atoms with Gasteiger partial charge in [0.1, 0.15) is 0 Å². The van der Waals surface area contributed by atoms with Gasteiger partial charge >= 0.3 is 82.4 Å². The summed E-state index contributed by atoms with van der Waals surface area (Å²) in [4.78, 5) is 0. The van der Waals surface area contributed by atoms with Gasteiger partial charge in [0.2, 0.25) is 0 Å². The zero-order chi connectivity index (χ0) is 7.56. The topological polar surface area (TPSA) is 9.23 Å². The van der Waals surface area contributed by atoms with Crippen LogP contribution in [0.5, 0.6) is 5.75 Å². The first kappa shape index (κ1) is 8.22. The summed E-state index contributed by atoms with van der Waals surface area (Å²) in [6.45, 7) is 4.16. The number of aryl methyl sites for hydroxylation is 2. The fraction of sp³-hybridized carbons (Fsp3) is 0.250. The van der Waals surface area contributed by atoms with Crippen LogP contribution in [-0.4, -0.2) is 0 Å². The van der Waals surface area contributed by atoms with Crippen molar-refractivity contribution in [2.24, 2.45) is 0 Å². The van der Waals surface area contributed by atoms with E-state index in [9.17, 15) is 0 Å². The van der Waals surface area contributed by atoms with Crippen molar-refractivity contribution in [3.05, 3.63) is 29.3 Å². The Kier molecular flexibility index (Phi) is 2.87. The Bertz CT molecular complexity index is 212. The van der Waals surface area contributed by atoms with Gasteiger partial charge in [-0.1, -0.05) is 0 Å². The molecule has 0 N–H and O–H groups in total. The molecule has 1 aromatic rings. The summed E-state index contributed by atoms with van der Waals surface area (Å²) >= 11 is 0.831. The van der Waals surface area contributed by atoms with E-state index in [1.54, 1.807) is 0 Å². The van der Waals surface area contributed by atoms with Crippen LogP contribution in [0, 0.1) is 13.8 Å². The monoisotopic (exact) mass is 210 g/mol. The Morgan fingerprint density at radius 2 is 1.60 bits per heavy atom. The molecule has 0 atom stereocenters. The van der Waals surface area contributed by atoms with E-state index in [1.807, 2.05) is 0 Å². The van der Waals surface area contributed by atoms with Crippen molar-refractivity contribution in [1.82, 2.24) is 0 Å². The molecule has 1 rings (SSSR count). The first-order valence-corrected chi connectivity index (χ1v) is 4.33. The predicted molar refractivity (Wildman–Crippen MR) is 36.5 cm³/mol. The fourth-order valence-electron chi connectivity index (χ4n) is 1.00. The predicted octanol–water partition coefficient (Wildman–Crippen LogP) is 2.14. The number of hydrogen-bond acceptors (Lipinski definition) is 1. The SMILES string of the molecule is Cc1cc(C)cc([O][Y])c1. The Balaban J connectivity index is 3.06. The van der Waals surface area contributed by atoms with Crippen molar-refractivity contribution < 1.29 is 33.5 Å². The molecule has 0 aliphatic rings. The van der Waals surface area contributed by atoms with E-state index in [4.69, 9.17) is 2.05 Å². The van der Waals surface area contributed by atoms with Gasteiger partial charge in [0, 0.05) is 0 Å². The third-order valence-electron chi connectivity index (χ3n) is 1.33. The van der Waals surface area contributed by atoms with Crippen molar-refractivity contribution in [3.8, 4) is 5.75 Å². The van der Waals surface area contributed by atoms with Gasteiger partial charge in [-0.2, -0.15) is 0 Å². The second-order valence-electron chi connectivity index (χ2n) is 2.44. The Morgan fingerprint density at radius 1 is 1.10 bits per heavy atom. The summed E-state index contributed by atoms with van der Waals surface area (Å²) in [7, 11) is 0. The van der Waals surface area contributed by atoms with Crippen LogP contribution in [0.25, 0.3) is 0 Å². The molecule has 0 aromatic heterocycles. The third-order valence-corrected chi connectivity index (χ3v) is 2.00. The Labute approximate surface area is 82.0 Å². The van der Waals surface area contributed by atoms with Gasteiger partial charge in [0.15, 0.2) is 0 Å². The third kappa shape index (κ3) is 2.07. The van der Waals surface area contributed by atoms with Crippen LogP contribution in [0.4, 0.5) is 0 Å². The van der Waals surface area contributed by atoms with E-state index in [1.165, 1.54) is 11.1 Å². The number of benzene rings is 1.